The highest BCUT2D eigenvalue weighted by atomic mass is 79.9. The second-order valence-corrected chi connectivity index (χ2v) is 4.41. The number of methoxy groups -OCH3 is 1. The summed E-state index contributed by atoms with van der Waals surface area (Å²) in [6, 6.07) is 3.74. The Morgan fingerprint density at radius 2 is 2.41 bits per heavy atom. The molecule has 2 rings (SSSR count). The van der Waals surface area contributed by atoms with Crippen LogP contribution in [0.25, 0.3) is 5.52 Å². The van der Waals surface area contributed by atoms with Crippen molar-refractivity contribution in [1.29, 1.82) is 0 Å². The Labute approximate surface area is 107 Å². The van der Waals surface area contributed by atoms with Gasteiger partial charge in [0.05, 0.1) is 19.2 Å². The molecule has 0 bridgehead atoms. The molecule has 6 heteroatoms. The molecule has 2 aromatic rings. The summed E-state index contributed by atoms with van der Waals surface area (Å²) in [5, 5.41) is 3.01. The fourth-order valence-electron chi connectivity index (χ4n) is 1.65. The molecule has 0 radical (unpaired) electrons. The number of imidazole rings is 1. The van der Waals surface area contributed by atoms with Crippen LogP contribution in [0.1, 0.15) is 16.3 Å². The minimum atomic E-state index is -0.428. The zero-order valence-corrected chi connectivity index (χ0v) is 11.1. The molecule has 0 amide bonds. The smallest absolute Gasteiger partial charge is 0.358 e. The summed E-state index contributed by atoms with van der Waals surface area (Å²) in [4.78, 5) is 15.9. The number of hydrogen-bond donors (Lipinski definition) is 1. The molecule has 0 aliphatic rings. The van der Waals surface area contributed by atoms with Gasteiger partial charge in [-0.3, -0.25) is 0 Å². The molecule has 0 unspecified atom stereocenters. The molecule has 2 heterocycles. The van der Waals surface area contributed by atoms with Crippen molar-refractivity contribution in [2.75, 3.05) is 14.2 Å². The third-order valence-electron chi connectivity index (χ3n) is 2.39. The number of aromatic nitrogens is 2. The molecule has 0 atom stereocenters. The molecule has 17 heavy (non-hydrogen) atoms. The second-order valence-electron chi connectivity index (χ2n) is 3.50. The van der Waals surface area contributed by atoms with Crippen molar-refractivity contribution >= 4 is 27.4 Å². The third-order valence-corrected chi connectivity index (χ3v) is 2.89. The van der Waals surface area contributed by atoms with E-state index in [0.29, 0.717) is 12.2 Å². The minimum Gasteiger partial charge on any atom is -0.464 e. The van der Waals surface area contributed by atoms with Crippen LogP contribution >= 0.6 is 15.9 Å². The predicted molar refractivity (Wildman–Crippen MR) is 67.0 cm³/mol. The normalized spacial score (nSPS) is 10.8. The summed E-state index contributed by atoms with van der Waals surface area (Å²) in [7, 11) is 3.18. The molecular formula is C11H12BrN3O2. The number of fused-ring (bicyclic) bond motifs is 1. The first-order chi connectivity index (χ1) is 8.17. The van der Waals surface area contributed by atoms with Gasteiger partial charge in [-0.05, 0) is 19.2 Å². The molecule has 0 aromatic carbocycles. The minimum absolute atomic E-state index is 0.332. The van der Waals surface area contributed by atoms with E-state index in [9.17, 15) is 4.79 Å². The van der Waals surface area contributed by atoms with Gasteiger partial charge in [0, 0.05) is 10.7 Å². The highest BCUT2D eigenvalue weighted by Gasteiger charge is 2.17. The fourth-order valence-corrected chi connectivity index (χ4v) is 1.99. The van der Waals surface area contributed by atoms with Crippen LogP contribution in [0.15, 0.2) is 22.8 Å². The first kappa shape index (κ1) is 12.1. The van der Waals surface area contributed by atoms with Gasteiger partial charge in [-0.1, -0.05) is 15.9 Å². The van der Waals surface area contributed by atoms with E-state index in [1.807, 2.05) is 29.8 Å². The lowest BCUT2D eigenvalue weighted by molar-refractivity contribution is 0.0597. The highest BCUT2D eigenvalue weighted by Crippen LogP contribution is 2.19. The summed E-state index contributed by atoms with van der Waals surface area (Å²) < 4.78 is 7.49. The number of carbonyl (C=O) groups is 1. The van der Waals surface area contributed by atoms with Crippen molar-refractivity contribution in [2.24, 2.45) is 0 Å². The van der Waals surface area contributed by atoms with Gasteiger partial charge < -0.3 is 14.5 Å². The van der Waals surface area contributed by atoms with Crippen LogP contribution in [0.2, 0.25) is 0 Å². The van der Waals surface area contributed by atoms with Gasteiger partial charge in [-0.2, -0.15) is 0 Å². The Morgan fingerprint density at radius 3 is 3.06 bits per heavy atom. The summed E-state index contributed by atoms with van der Waals surface area (Å²) >= 11 is 3.38. The molecule has 90 valence electrons. The lowest BCUT2D eigenvalue weighted by Gasteiger charge is -2.00. The lowest BCUT2D eigenvalue weighted by Crippen LogP contribution is -2.09. The van der Waals surface area contributed by atoms with E-state index < -0.39 is 5.97 Å². The first-order valence-electron chi connectivity index (χ1n) is 5.06. The summed E-state index contributed by atoms with van der Waals surface area (Å²) in [6.45, 7) is 0.583. The van der Waals surface area contributed by atoms with E-state index in [1.165, 1.54) is 7.11 Å². The number of rotatable bonds is 3. The Balaban J connectivity index is 2.66. The first-order valence-corrected chi connectivity index (χ1v) is 5.86. The largest absolute Gasteiger partial charge is 0.464 e. The maximum absolute atomic E-state index is 11.6. The SMILES string of the molecule is CNCc1nc(C(=O)OC)c2cc(Br)ccn12. The van der Waals surface area contributed by atoms with Crippen LogP contribution in [0.3, 0.4) is 0 Å². The van der Waals surface area contributed by atoms with Gasteiger partial charge in [0.25, 0.3) is 0 Å². The van der Waals surface area contributed by atoms with Crippen molar-refractivity contribution in [3.8, 4) is 0 Å². The number of nitrogens with zero attached hydrogens (tertiary/aromatic N) is 2. The number of ether oxygens (including phenoxy) is 1. The predicted octanol–water partition coefficient (Wildman–Crippen LogP) is 1.60. The van der Waals surface area contributed by atoms with E-state index in [-0.39, 0.29) is 0 Å². The van der Waals surface area contributed by atoms with Crippen molar-refractivity contribution < 1.29 is 9.53 Å². The van der Waals surface area contributed by atoms with Crippen LogP contribution in [0, 0.1) is 0 Å². The van der Waals surface area contributed by atoms with Gasteiger partial charge in [-0.15, -0.1) is 0 Å². The number of hydrogen-bond acceptors (Lipinski definition) is 4. The summed E-state index contributed by atoms with van der Waals surface area (Å²) in [5.74, 6) is 0.346. The van der Waals surface area contributed by atoms with Crippen molar-refractivity contribution in [1.82, 2.24) is 14.7 Å². The maximum atomic E-state index is 11.6. The molecule has 0 spiro atoms. The second kappa shape index (κ2) is 4.85. The highest BCUT2D eigenvalue weighted by molar-refractivity contribution is 9.10. The standard InChI is InChI=1S/C11H12BrN3O2/c1-13-6-9-14-10(11(16)17-2)8-5-7(12)3-4-15(8)9/h3-5,13H,6H2,1-2H3. The number of pyridine rings is 1. The third kappa shape index (κ3) is 2.18. The lowest BCUT2D eigenvalue weighted by atomic mass is 10.3. The topological polar surface area (TPSA) is 55.6 Å². The van der Waals surface area contributed by atoms with Crippen LogP contribution in [0.4, 0.5) is 0 Å². The van der Waals surface area contributed by atoms with Crippen molar-refractivity contribution in [2.45, 2.75) is 6.54 Å². The molecular weight excluding hydrogens is 286 g/mol. The monoisotopic (exact) mass is 297 g/mol. The average Bonchev–Trinajstić information content (AvgIpc) is 2.67. The molecule has 0 aliphatic heterocycles. The molecule has 1 N–H and O–H groups in total. The quantitative estimate of drug-likeness (QED) is 0.875. The molecule has 5 nitrogen and oxygen atoms in total. The molecule has 0 saturated carbocycles. The van der Waals surface area contributed by atoms with E-state index in [1.54, 1.807) is 0 Å². The van der Waals surface area contributed by atoms with E-state index in [2.05, 4.69) is 26.2 Å². The van der Waals surface area contributed by atoms with Gasteiger partial charge in [-0.25, -0.2) is 9.78 Å². The molecule has 2 aromatic heterocycles. The zero-order valence-electron chi connectivity index (χ0n) is 9.53. The van der Waals surface area contributed by atoms with Gasteiger partial charge in [0.2, 0.25) is 0 Å². The maximum Gasteiger partial charge on any atom is 0.358 e. The molecule has 0 saturated heterocycles. The number of carbonyl (C=O) groups excluding carboxylic acids is 1. The van der Waals surface area contributed by atoms with Crippen molar-refractivity contribution in [3.63, 3.8) is 0 Å². The average molecular weight is 298 g/mol. The Hall–Kier alpha value is -1.40. The molecule has 0 aliphatic carbocycles. The summed E-state index contributed by atoms with van der Waals surface area (Å²) in [5.41, 5.74) is 1.07. The fraction of sp³-hybridized carbons (Fsp3) is 0.273. The summed E-state index contributed by atoms with van der Waals surface area (Å²) in [6.07, 6.45) is 1.87. The van der Waals surface area contributed by atoms with Gasteiger partial charge in [0.1, 0.15) is 5.82 Å². The van der Waals surface area contributed by atoms with Crippen molar-refractivity contribution in [3.05, 3.63) is 34.3 Å². The van der Waals surface area contributed by atoms with Crippen LogP contribution in [-0.2, 0) is 11.3 Å². The Morgan fingerprint density at radius 1 is 1.65 bits per heavy atom. The Kier molecular flexibility index (Phi) is 3.44. The molecule has 0 fully saturated rings. The van der Waals surface area contributed by atoms with E-state index in [0.717, 1.165) is 15.8 Å². The Bertz CT molecular complexity index is 565. The van der Waals surface area contributed by atoms with Gasteiger partial charge >= 0.3 is 5.97 Å². The van der Waals surface area contributed by atoms with Crippen LogP contribution in [0.5, 0.6) is 0 Å². The van der Waals surface area contributed by atoms with E-state index >= 15 is 0 Å². The number of halogens is 1. The van der Waals surface area contributed by atoms with Crippen LogP contribution < -0.4 is 5.32 Å². The zero-order chi connectivity index (χ0) is 12.4. The van der Waals surface area contributed by atoms with Crippen LogP contribution in [-0.4, -0.2) is 29.5 Å². The van der Waals surface area contributed by atoms with E-state index in [4.69, 9.17) is 4.74 Å². The number of esters is 1. The van der Waals surface area contributed by atoms with Gasteiger partial charge in [0.15, 0.2) is 5.69 Å². The number of nitrogens with one attached hydrogen (secondary N) is 1.